The second kappa shape index (κ2) is 8.95. The number of carbonyl (C=O) groups is 2. The number of halogens is 4. The SMILES string of the molecule is C[C@@H](CC1CCC2(CC1)OC(=O)NN=C2c1ccc(F)cc1Br)NC(=O)C(F)Cl. The Morgan fingerprint density at radius 2 is 2.17 bits per heavy atom. The summed E-state index contributed by atoms with van der Waals surface area (Å²) in [5.74, 6) is -0.964. The van der Waals surface area contributed by atoms with Gasteiger partial charge in [-0.25, -0.2) is 19.0 Å². The van der Waals surface area contributed by atoms with Gasteiger partial charge in [0.05, 0.1) is 0 Å². The Labute approximate surface area is 180 Å². The van der Waals surface area contributed by atoms with E-state index in [1.165, 1.54) is 12.1 Å². The van der Waals surface area contributed by atoms with Crippen LogP contribution in [0, 0.1) is 11.7 Å². The van der Waals surface area contributed by atoms with Crippen molar-refractivity contribution in [2.24, 2.45) is 11.0 Å². The number of nitrogens with zero attached hydrogens (tertiary/aromatic N) is 1. The van der Waals surface area contributed by atoms with E-state index in [-0.39, 0.29) is 17.8 Å². The first-order valence-electron chi connectivity index (χ1n) is 9.31. The summed E-state index contributed by atoms with van der Waals surface area (Å²) in [7, 11) is 0. The lowest BCUT2D eigenvalue weighted by atomic mass is 9.73. The number of hydrogen-bond donors (Lipinski definition) is 2. The van der Waals surface area contributed by atoms with Gasteiger partial charge in [0.2, 0.25) is 0 Å². The van der Waals surface area contributed by atoms with Crippen molar-refractivity contribution in [3.63, 3.8) is 0 Å². The summed E-state index contributed by atoms with van der Waals surface area (Å²) >= 11 is 8.51. The van der Waals surface area contributed by atoms with E-state index < -0.39 is 23.2 Å². The first kappa shape index (κ1) is 22.0. The highest BCUT2D eigenvalue weighted by atomic mass is 79.9. The number of carbonyl (C=O) groups excluding carboxylic acids is 2. The van der Waals surface area contributed by atoms with Crippen molar-refractivity contribution in [3.8, 4) is 0 Å². The van der Waals surface area contributed by atoms with Gasteiger partial charge in [0.1, 0.15) is 11.5 Å². The van der Waals surface area contributed by atoms with E-state index in [1.54, 1.807) is 13.0 Å². The van der Waals surface area contributed by atoms with Gasteiger partial charge >= 0.3 is 6.09 Å². The van der Waals surface area contributed by atoms with Gasteiger partial charge in [-0.05, 0) is 63.1 Å². The predicted octanol–water partition coefficient (Wildman–Crippen LogP) is 4.39. The Kier molecular flexibility index (Phi) is 6.78. The molecule has 1 aliphatic heterocycles. The number of nitrogens with one attached hydrogen (secondary N) is 2. The highest BCUT2D eigenvalue weighted by Gasteiger charge is 2.46. The van der Waals surface area contributed by atoms with Gasteiger partial charge in [-0.1, -0.05) is 27.5 Å². The molecule has 29 heavy (non-hydrogen) atoms. The summed E-state index contributed by atoms with van der Waals surface area (Å²) in [5, 5.41) is 6.76. The molecule has 6 nitrogen and oxygen atoms in total. The Morgan fingerprint density at radius 3 is 2.79 bits per heavy atom. The summed E-state index contributed by atoms with van der Waals surface area (Å²) in [6.07, 6.45) is 2.56. The molecule has 0 aromatic heterocycles. The van der Waals surface area contributed by atoms with Crippen LogP contribution in [-0.2, 0) is 9.53 Å². The highest BCUT2D eigenvalue weighted by molar-refractivity contribution is 9.10. The lowest BCUT2D eigenvalue weighted by Crippen LogP contribution is -2.52. The molecule has 2 N–H and O–H groups in total. The Bertz CT molecular complexity index is 829. The van der Waals surface area contributed by atoms with Crippen LogP contribution in [0.2, 0.25) is 0 Å². The predicted molar refractivity (Wildman–Crippen MR) is 108 cm³/mol. The van der Waals surface area contributed by atoms with Gasteiger partial charge < -0.3 is 10.1 Å². The van der Waals surface area contributed by atoms with Crippen LogP contribution in [0.15, 0.2) is 27.8 Å². The van der Waals surface area contributed by atoms with Gasteiger partial charge in [-0.3, -0.25) is 4.79 Å². The van der Waals surface area contributed by atoms with Crippen molar-refractivity contribution in [1.29, 1.82) is 0 Å². The van der Waals surface area contributed by atoms with Crippen molar-refractivity contribution >= 4 is 45.2 Å². The molecule has 0 radical (unpaired) electrons. The molecule has 2 atom stereocenters. The summed E-state index contributed by atoms with van der Waals surface area (Å²) in [5.41, 5.74) is 0.580. The molecule has 1 aromatic rings. The molecule has 10 heteroatoms. The maximum Gasteiger partial charge on any atom is 0.428 e. The summed E-state index contributed by atoms with van der Waals surface area (Å²) < 4.78 is 32.5. The average Bonchev–Trinajstić information content (AvgIpc) is 2.64. The molecule has 0 bridgehead atoms. The average molecular weight is 493 g/mol. The smallest absolute Gasteiger partial charge is 0.428 e. The molecule has 2 amide bonds. The Hall–Kier alpha value is -1.74. The van der Waals surface area contributed by atoms with Crippen molar-refractivity contribution in [2.75, 3.05) is 0 Å². The van der Waals surface area contributed by atoms with Crippen molar-refractivity contribution in [2.45, 2.75) is 56.3 Å². The molecule has 1 heterocycles. The molecule has 1 fully saturated rings. The van der Waals surface area contributed by atoms with Gasteiger partial charge in [-0.2, -0.15) is 5.10 Å². The molecule has 2 aliphatic rings. The van der Waals surface area contributed by atoms with E-state index in [9.17, 15) is 18.4 Å². The van der Waals surface area contributed by atoms with Crippen molar-refractivity contribution < 1.29 is 23.1 Å². The molecule has 0 saturated heterocycles. The third-order valence-electron chi connectivity index (χ3n) is 5.35. The van der Waals surface area contributed by atoms with Crippen LogP contribution < -0.4 is 10.7 Å². The number of hydrazone groups is 1. The Balaban J connectivity index is 1.71. The Morgan fingerprint density at radius 1 is 1.48 bits per heavy atom. The van der Waals surface area contributed by atoms with Gasteiger partial charge in [0.25, 0.3) is 11.5 Å². The fraction of sp³-hybridized carbons (Fsp3) is 0.526. The number of rotatable bonds is 5. The van der Waals surface area contributed by atoms with Crippen LogP contribution in [0.5, 0.6) is 0 Å². The second-order valence-corrected chi connectivity index (χ2v) is 8.71. The van der Waals surface area contributed by atoms with Gasteiger partial charge in [0, 0.05) is 16.1 Å². The van der Waals surface area contributed by atoms with E-state index in [0.29, 0.717) is 35.0 Å². The van der Waals surface area contributed by atoms with Crippen molar-refractivity contribution in [1.82, 2.24) is 10.7 Å². The first-order valence-corrected chi connectivity index (χ1v) is 10.5. The summed E-state index contributed by atoms with van der Waals surface area (Å²) in [6.45, 7) is 1.80. The zero-order valence-electron chi connectivity index (χ0n) is 15.7. The van der Waals surface area contributed by atoms with E-state index in [1.807, 2.05) is 0 Å². The minimum absolute atomic E-state index is 0.228. The zero-order valence-corrected chi connectivity index (χ0v) is 18.0. The quantitative estimate of drug-likeness (QED) is 0.598. The molecule has 158 valence electrons. The van der Waals surface area contributed by atoms with Crippen molar-refractivity contribution in [3.05, 3.63) is 34.1 Å². The molecule has 1 unspecified atom stereocenters. The molecule has 3 rings (SSSR count). The number of ether oxygens (including phenoxy) is 1. The zero-order chi connectivity index (χ0) is 21.2. The van der Waals surface area contributed by atoms with Gasteiger partial charge in [0.15, 0.2) is 5.60 Å². The van der Waals surface area contributed by atoms with E-state index in [4.69, 9.17) is 16.3 Å². The topological polar surface area (TPSA) is 79.8 Å². The van der Waals surface area contributed by atoms with E-state index in [0.717, 1.165) is 12.8 Å². The number of amides is 2. The van der Waals surface area contributed by atoms with Crippen LogP contribution in [0.3, 0.4) is 0 Å². The number of hydrogen-bond acceptors (Lipinski definition) is 4. The summed E-state index contributed by atoms with van der Waals surface area (Å²) in [6, 6.07) is 4.04. The minimum Gasteiger partial charge on any atom is -0.435 e. The van der Waals surface area contributed by atoms with E-state index >= 15 is 0 Å². The van der Waals surface area contributed by atoms with Crippen LogP contribution in [0.4, 0.5) is 13.6 Å². The molecule has 1 saturated carbocycles. The van der Waals surface area contributed by atoms with Crippen LogP contribution >= 0.6 is 27.5 Å². The molecule has 1 aliphatic carbocycles. The molecule has 1 spiro atoms. The first-order chi connectivity index (χ1) is 13.7. The third kappa shape index (κ3) is 5.06. The second-order valence-electron chi connectivity index (χ2n) is 7.47. The standard InChI is InChI=1S/C19H21BrClF2N3O3/c1-10(24-17(27)16(21)23)8-11-4-6-19(7-5-11)15(25-26-18(28)29-19)13-3-2-12(22)9-14(13)20/h2-3,9-11,16H,4-8H2,1H3,(H,24,27)(H,26,28)/t10-,11?,16?,19?/m0/s1. The number of alkyl halides is 2. The molecular formula is C19H21BrClF2N3O3. The summed E-state index contributed by atoms with van der Waals surface area (Å²) in [4.78, 5) is 23.3. The highest BCUT2D eigenvalue weighted by Crippen LogP contribution is 2.41. The molecule has 1 aromatic carbocycles. The molecular weight excluding hydrogens is 472 g/mol. The monoisotopic (exact) mass is 491 g/mol. The third-order valence-corrected chi connectivity index (χ3v) is 6.21. The lowest BCUT2D eigenvalue weighted by Gasteiger charge is -2.42. The maximum atomic E-state index is 13.5. The fourth-order valence-corrected chi connectivity index (χ4v) is 4.62. The maximum absolute atomic E-state index is 13.5. The minimum atomic E-state index is -2.06. The van der Waals surface area contributed by atoms with E-state index in [2.05, 4.69) is 31.8 Å². The normalized spacial score (nSPS) is 26.2. The van der Waals surface area contributed by atoms with Crippen LogP contribution in [-0.4, -0.2) is 35.0 Å². The lowest BCUT2D eigenvalue weighted by molar-refractivity contribution is -0.124. The number of benzene rings is 1. The van der Waals surface area contributed by atoms with Crippen LogP contribution in [0.25, 0.3) is 0 Å². The largest absolute Gasteiger partial charge is 0.435 e. The van der Waals surface area contributed by atoms with Gasteiger partial charge in [-0.15, -0.1) is 0 Å². The van der Waals surface area contributed by atoms with Crippen LogP contribution in [0.1, 0.15) is 44.6 Å². The fourth-order valence-electron chi connectivity index (χ4n) is 4.02.